The van der Waals surface area contributed by atoms with Gasteiger partial charge in [0, 0.05) is 31.7 Å². The molecule has 0 radical (unpaired) electrons. The number of nitrogens with one attached hydrogen (secondary N) is 1. The molecule has 0 unspecified atom stereocenters. The van der Waals surface area contributed by atoms with Gasteiger partial charge in [-0.15, -0.1) is 0 Å². The van der Waals surface area contributed by atoms with Crippen LogP contribution in [0.2, 0.25) is 0 Å². The highest BCUT2D eigenvalue weighted by atomic mass is 16.4. The molecule has 2 N–H and O–H groups in total. The molecule has 0 saturated carbocycles. The molecular formula is C14H15N3O2. The minimum atomic E-state index is -0.959. The molecule has 2 rings (SSSR count). The number of hydrogen-bond donors (Lipinski definition) is 2. The number of rotatable bonds is 5. The first-order valence-electron chi connectivity index (χ1n) is 5.95. The summed E-state index contributed by atoms with van der Waals surface area (Å²) in [5.41, 5.74) is 3.35. The molecule has 2 aromatic heterocycles. The van der Waals surface area contributed by atoms with Crippen LogP contribution in [0.4, 0.5) is 0 Å². The molecule has 2 aromatic rings. The SMILES string of the molecule is Cc1cnccc1CNCc1ccc(C(=O)O)cn1. The van der Waals surface area contributed by atoms with Crippen LogP contribution < -0.4 is 5.32 Å². The monoisotopic (exact) mass is 257 g/mol. The fourth-order valence-corrected chi connectivity index (χ4v) is 1.68. The molecule has 0 bridgehead atoms. The van der Waals surface area contributed by atoms with Crippen LogP contribution in [0.15, 0.2) is 36.8 Å². The number of carboxylic acid groups (broad SMARTS) is 1. The summed E-state index contributed by atoms with van der Waals surface area (Å²) in [6, 6.07) is 5.25. The van der Waals surface area contributed by atoms with Crippen molar-refractivity contribution >= 4 is 5.97 Å². The van der Waals surface area contributed by atoms with Gasteiger partial charge in [-0.1, -0.05) is 0 Å². The second kappa shape index (κ2) is 6.06. The minimum absolute atomic E-state index is 0.203. The molecule has 0 aliphatic rings. The lowest BCUT2D eigenvalue weighted by atomic mass is 10.1. The topological polar surface area (TPSA) is 75.1 Å². The van der Waals surface area contributed by atoms with Crippen LogP contribution in [-0.4, -0.2) is 21.0 Å². The van der Waals surface area contributed by atoms with Crippen molar-refractivity contribution in [1.29, 1.82) is 0 Å². The van der Waals surface area contributed by atoms with Crippen LogP contribution in [0.1, 0.15) is 27.2 Å². The third-order valence-electron chi connectivity index (χ3n) is 2.83. The molecule has 5 nitrogen and oxygen atoms in total. The van der Waals surface area contributed by atoms with E-state index in [1.807, 2.05) is 19.2 Å². The van der Waals surface area contributed by atoms with Gasteiger partial charge in [-0.3, -0.25) is 9.97 Å². The highest BCUT2D eigenvalue weighted by molar-refractivity contribution is 5.87. The Kier molecular flexibility index (Phi) is 4.20. The highest BCUT2D eigenvalue weighted by Crippen LogP contribution is 2.05. The molecular weight excluding hydrogens is 242 g/mol. The molecule has 5 heteroatoms. The first-order valence-corrected chi connectivity index (χ1v) is 5.95. The van der Waals surface area contributed by atoms with Crippen molar-refractivity contribution in [2.45, 2.75) is 20.0 Å². The summed E-state index contributed by atoms with van der Waals surface area (Å²) in [4.78, 5) is 18.8. The second-order valence-corrected chi connectivity index (χ2v) is 4.25. The van der Waals surface area contributed by atoms with Gasteiger partial charge in [0.05, 0.1) is 11.3 Å². The van der Waals surface area contributed by atoms with Crippen molar-refractivity contribution in [1.82, 2.24) is 15.3 Å². The van der Waals surface area contributed by atoms with Crippen LogP contribution in [0.25, 0.3) is 0 Å². The van der Waals surface area contributed by atoms with Crippen molar-refractivity contribution in [3.05, 3.63) is 59.2 Å². The quantitative estimate of drug-likeness (QED) is 0.853. The fraction of sp³-hybridized carbons (Fsp3) is 0.214. The lowest BCUT2D eigenvalue weighted by Crippen LogP contribution is -2.14. The Morgan fingerprint density at radius 1 is 1.26 bits per heavy atom. The van der Waals surface area contributed by atoms with E-state index < -0.39 is 5.97 Å². The smallest absolute Gasteiger partial charge is 0.337 e. The first kappa shape index (κ1) is 13.2. The lowest BCUT2D eigenvalue weighted by Gasteiger charge is -2.07. The number of pyridine rings is 2. The van der Waals surface area contributed by atoms with Gasteiger partial charge < -0.3 is 10.4 Å². The van der Waals surface area contributed by atoms with E-state index in [-0.39, 0.29) is 5.56 Å². The maximum atomic E-state index is 10.7. The molecule has 0 saturated heterocycles. The molecule has 0 amide bonds. The van der Waals surface area contributed by atoms with Gasteiger partial charge >= 0.3 is 5.97 Å². The molecule has 0 spiro atoms. The molecule has 98 valence electrons. The largest absolute Gasteiger partial charge is 0.478 e. The molecule has 19 heavy (non-hydrogen) atoms. The standard InChI is InChI=1S/C14H15N3O2/c1-10-6-15-5-4-11(10)7-16-9-13-3-2-12(8-17-13)14(18)19/h2-6,8,16H,7,9H2,1H3,(H,18,19). The summed E-state index contributed by atoms with van der Waals surface area (Å²) in [7, 11) is 0. The van der Waals surface area contributed by atoms with E-state index in [2.05, 4.69) is 15.3 Å². The third kappa shape index (κ3) is 3.59. The number of carboxylic acids is 1. The van der Waals surface area contributed by atoms with Gasteiger partial charge in [-0.05, 0) is 36.2 Å². The Morgan fingerprint density at radius 2 is 2.11 bits per heavy atom. The Hall–Kier alpha value is -2.27. The third-order valence-corrected chi connectivity index (χ3v) is 2.83. The van der Waals surface area contributed by atoms with E-state index >= 15 is 0 Å². The summed E-state index contributed by atoms with van der Waals surface area (Å²) in [5.74, 6) is -0.959. The van der Waals surface area contributed by atoms with Gasteiger partial charge in [-0.25, -0.2) is 4.79 Å². The number of carbonyl (C=O) groups is 1. The maximum Gasteiger partial charge on any atom is 0.337 e. The van der Waals surface area contributed by atoms with E-state index in [1.54, 1.807) is 18.3 Å². The summed E-state index contributed by atoms with van der Waals surface area (Å²) in [6.45, 7) is 3.35. The zero-order chi connectivity index (χ0) is 13.7. The molecule has 0 aliphatic carbocycles. The lowest BCUT2D eigenvalue weighted by molar-refractivity contribution is 0.0696. The Bertz CT molecular complexity index is 567. The van der Waals surface area contributed by atoms with Gasteiger partial charge in [0.2, 0.25) is 0 Å². The molecule has 0 aliphatic heterocycles. The van der Waals surface area contributed by atoms with Crippen molar-refractivity contribution in [2.24, 2.45) is 0 Å². The van der Waals surface area contributed by atoms with Crippen LogP contribution >= 0.6 is 0 Å². The van der Waals surface area contributed by atoms with E-state index in [0.29, 0.717) is 6.54 Å². The van der Waals surface area contributed by atoms with Gasteiger partial charge in [0.15, 0.2) is 0 Å². The second-order valence-electron chi connectivity index (χ2n) is 4.25. The van der Waals surface area contributed by atoms with Gasteiger partial charge in [0.1, 0.15) is 0 Å². The number of aryl methyl sites for hydroxylation is 1. The summed E-state index contributed by atoms with van der Waals surface area (Å²) >= 11 is 0. The molecule has 0 aromatic carbocycles. The van der Waals surface area contributed by atoms with E-state index in [9.17, 15) is 4.79 Å². The van der Waals surface area contributed by atoms with Gasteiger partial charge in [0.25, 0.3) is 0 Å². The predicted octanol–water partition coefficient (Wildman–Crippen LogP) is 1.77. The number of aromatic carboxylic acids is 1. The minimum Gasteiger partial charge on any atom is -0.478 e. The van der Waals surface area contributed by atoms with Crippen LogP contribution in [0, 0.1) is 6.92 Å². The number of aromatic nitrogens is 2. The maximum absolute atomic E-state index is 10.7. The van der Waals surface area contributed by atoms with Gasteiger partial charge in [-0.2, -0.15) is 0 Å². The average molecular weight is 257 g/mol. The Balaban J connectivity index is 1.89. The van der Waals surface area contributed by atoms with Crippen LogP contribution in [-0.2, 0) is 13.1 Å². The van der Waals surface area contributed by atoms with Crippen molar-refractivity contribution in [3.8, 4) is 0 Å². The van der Waals surface area contributed by atoms with E-state index in [0.717, 1.165) is 17.8 Å². The Labute approximate surface area is 111 Å². The molecule has 2 heterocycles. The van der Waals surface area contributed by atoms with Crippen molar-refractivity contribution in [2.75, 3.05) is 0 Å². The van der Waals surface area contributed by atoms with Crippen LogP contribution in [0.5, 0.6) is 0 Å². The first-order chi connectivity index (χ1) is 9.16. The average Bonchev–Trinajstić information content (AvgIpc) is 2.41. The molecule has 0 fully saturated rings. The van der Waals surface area contributed by atoms with Crippen LogP contribution in [0.3, 0.4) is 0 Å². The molecule has 0 atom stereocenters. The zero-order valence-electron chi connectivity index (χ0n) is 10.6. The van der Waals surface area contributed by atoms with E-state index in [4.69, 9.17) is 5.11 Å². The fourth-order valence-electron chi connectivity index (χ4n) is 1.68. The van der Waals surface area contributed by atoms with E-state index in [1.165, 1.54) is 11.8 Å². The predicted molar refractivity (Wildman–Crippen MR) is 70.7 cm³/mol. The number of hydrogen-bond acceptors (Lipinski definition) is 4. The normalized spacial score (nSPS) is 10.4. The summed E-state index contributed by atoms with van der Waals surface area (Å²) in [6.07, 6.45) is 4.97. The summed E-state index contributed by atoms with van der Waals surface area (Å²) in [5, 5.41) is 12.0. The van der Waals surface area contributed by atoms with Crippen molar-refractivity contribution < 1.29 is 9.90 Å². The summed E-state index contributed by atoms with van der Waals surface area (Å²) < 4.78 is 0. The Morgan fingerprint density at radius 3 is 2.74 bits per heavy atom. The zero-order valence-corrected chi connectivity index (χ0v) is 10.6. The number of nitrogens with zero attached hydrogens (tertiary/aromatic N) is 2. The highest BCUT2D eigenvalue weighted by Gasteiger charge is 2.03. The van der Waals surface area contributed by atoms with Crippen molar-refractivity contribution in [3.63, 3.8) is 0 Å².